The molecule has 3 heterocycles. The summed E-state index contributed by atoms with van der Waals surface area (Å²) < 4.78 is 1.20. The van der Waals surface area contributed by atoms with Crippen molar-refractivity contribution in [2.75, 3.05) is 0 Å². The summed E-state index contributed by atoms with van der Waals surface area (Å²) in [6.07, 6.45) is 10.2. The smallest absolute Gasteiger partial charge is 0.164 e. The van der Waals surface area contributed by atoms with Gasteiger partial charge in [0, 0.05) is 38.4 Å². The average molecular weight is 854 g/mol. The third-order valence-corrected chi connectivity index (χ3v) is 15.9. The van der Waals surface area contributed by atoms with Gasteiger partial charge >= 0.3 is 0 Å². The molecule has 4 aliphatic carbocycles. The van der Waals surface area contributed by atoms with Crippen LogP contribution >= 0.6 is 11.3 Å². The molecule has 5 nitrogen and oxygen atoms in total. The molecule has 0 N–H and O–H groups in total. The molecule has 4 bridgehead atoms. The van der Waals surface area contributed by atoms with Crippen molar-refractivity contribution in [3.8, 4) is 73.6 Å². The molecule has 6 heteroatoms. The van der Waals surface area contributed by atoms with Gasteiger partial charge in [0.05, 0.1) is 11.6 Å². The predicted octanol–water partition coefficient (Wildman–Crippen LogP) is 15.1. The van der Waals surface area contributed by atoms with E-state index in [0.717, 1.165) is 66.9 Å². The molecule has 4 fully saturated rings. The number of rotatable bonds is 7. The van der Waals surface area contributed by atoms with E-state index in [9.17, 15) is 5.26 Å². The molecule has 10 aromatic rings. The van der Waals surface area contributed by atoms with Gasteiger partial charge in [0.2, 0.25) is 0 Å². The normalized spacial score (nSPS) is 19.8. The Balaban J connectivity index is 0.871. The van der Waals surface area contributed by atoms with E-state index < -0.39 is 0 Å². The third kappa shape index (κ3) is 6.56. The molecule has 4 aliphatic rings. The van der Waals surface area contributed by atoms with Crippen molar-refractivity contribution in [1.29, 1.82) is 5.26 Å². The van der Waals surface area contributed by atoms with Gasteiger partial charge in [-0.2, -0.15) is 5.26 Å². The number of nitriles is 1. The SMILES string of the molecule is N#Cc1ccc(-c2ccc(-c3ccc(-c4ccc(-c5nc(-c6ccc(C78CC9CC(CC(C9)C7)C8)cc6)nc(-c6ccnc7sc8ccccc8c67)n5)cc4)c4ccccc34)cc2)cc1. The third-order valence-electron chi connectivity index (χ3n) is 14.9. The fourth-order valence-electron chi connectivity index (χ4n) is 12.2. The van der Waals surface area contributed by atoms with Crippen LogP contribution in [0.25, 0.3) is 98.6 Å². The van der Waals surface area contributed by atoms with Crippen molar-refractivity contribution in [3.63, 3.8) is 0 Å². The zero-order valence-electron chi connectivity index (χ0n) is 35.8. The van der Waals surface area contributed by atoms with Gasteiger partial charge in [0.15, 0.2) is 17.5 Å². The Morgan fingerprint density at radius 3 is 1.51 bits per heavy atom. The molecule has 310 valence electrons. The molecule has 0 radical (unpaired) electrons. The highest BCUT2D eigenvalue weighted by molar-refractivity contribution is 7.25. The Kier molecular flexibility index (Phi) is 8.89. The molecule has 0 unspecified atom stereocenters. The van der Waals surface area contributed by atoms with Crippen LogP contribution in [0.4, 0.5) is 0 Å². The van der Waals surface area contributed by atoms with Crippen molar-refractivity contribution >= 4 is 42.4 Å². The van der Waals surface area contributed by atoms with Gasteiger partial charge in [0.25, 0.3) is 0 Å². The first-order chi connectivity index (χ1) is 32.0. The number of aromatic nitrogens is 4. The second-order valence-corrected chi connectivity index (χ2v) is 19.8. The molecule has 7 aromatic carbocycles. The highest BCUT2D eigenvalue weighted by Gasteiger charge is 2.51. The summed E-state index contributed by atoms with van der Waals surface area (Å²) in [6.45, 7) is 0. The fourth-order valence-corrected chi connectivity index (χ4v) is 13.3. The van der Waals surface area contributed by atoms with Crippen LogP contribution in [-0.2, 0) is 5.41 Å². The topological polar surface area (TPSA) is 75.3 Å². The summed E-state index contributed by atoms with van der Waals surface area (Å²) in [7, 11) is 0. The zero-order valence-corrected chi connectivity index (χ0v) is 36.6. The second kappa shape index (κ2) is 15.1. The molecule has 14 rings (SSSR count). The van der Waals surface area contributed by atoms with Gasteiger partial charge in [-0.1, -0.05) is 140 Å². The van der Waals surface area contributed by atoms with E-state index in [1.807, 2.05) is 30.5 Å². The van der Waals surface area contributed by atoms with E-state index in [1.54, 1.807) is 11.3 Å². The van der Waals surface area contributed by atoms with E-state index in [1.165, 1.54) is 76.1 Å². The minimum Gasteiger partial charge on any atom is -0.245 e. The van der Waals surface area contributed by atoms with E-state index in [2.05, 4.69) is 146 Å². The summed E-state index contributed by atoms with van der Waals surface area (Å²) in [5.74, 6) is 4.68. The van der Waals surface area contributed by atoms with Crippen LogP contribution in [-0.4, -0.2) is 19.9 Å². The quantitative estimate of drug-likeness (QED) is 0.160. The lowest BCUT2D eigenvalue weighted by molar-refractivity contribution is -0.00518. The Bertz CT molecular complexity index is 3470. The fraction of sp³-hybridized carbons (Fsp3) is 0.169. The monoisotopic (exact) mass is 853 g/mol. The molecule has 0 aliphatic heterocycles. The first-order valence-corrected chi connectivity index (χ1v) is 23.7. The number of thiophene rings is 1. The van der Waals surface area contributed by atoms with Crippen molar-refractivity contribution in [3.05, 3.63) is 181 Å². The Labute approximate surface area is 382 Å². The van der Waals surface area contributed by atoms with E-state index in [-0.39, 0.29) is 0 Å². The second-order valence-electron chi connectivity index (χ2n) is 18.8. The maximum absolute atomic E-state index is 9.24. The van der Waals surface area contributed by atoms with E-state index in [4.69, 9.17) is 19.9 Å². The lowest BCUT2D eigenvalue weighted by Gasteiger charge is -2.57. The van der Waals surface area contributed by atoms with Crippen molar-refractivity contribution in [2.45, 2.75) is 43.9 Å². The van der Waals surface area contributed by atoms with Gasteiger partial charge in [-0.3, -0.25) is 0 Å². The Morgan fingerprint density at radius 2 is 0.938 bits per heavy atom. The van der Waals surface area contributed by atoms with Crippen LogP contribution in [0.3, 0.4) is 0 Å². The standard InChI is InChI=1S/C59H43N5S/c60-35-36-9-11-40(12-10-36)41-13-15-42(16-14-41)47-25-26-48(50-6-2-1-5-49(47)50)43-17-19-44(20-18-43)55-62-56(45-21-23-46(24-22-45)59-32-37-29-38(33-59)31-39(30-37)34-59)64-57(63-55)52-27-28-61-58-54(52)51-7-3-4-8-53(51)65-58/h1-28,37-39H,29-34H2. The highest BCUT2D eigenvalue weighted by atomic mass is 32.1. The minimum absolute atomic E-state index is 0.332. The van der Waals surface area contributed by atoms with Gasteiger partial charge in [-0.05, 0) is 136 Å². The zero-order chi connectivity index (χ0) is 43.1. The number of hydrogen-bond donors (Lipinski definition) is 0. The number of fused-ring (bicyclic) bond motifs is 4. The van der Waals surface area contributed by atoms with Crippen LogP contribution < -0.4 is 0 Å². The molecular weight excluding hydrogens is 811 g/mol. The first kappa shape index (κ1) is 38.2. The van der Waals surface area contributed by atoms with Gasteiger partial charge in [0.1, 0.15) is 4.83 Å². The molecule has 0 atom stereocenters. The molecule has 0 spiro atoms. The molecule has 65 heavy (non-hydrogen) atoms. The molecule has 0 amide bonds. The van der Waals surface area contributed by atoms with Crippen LogP contribution in [0.1, 0.15) is 49.7 Å². The Hall–Kier alpha value is -7.33. The van der Waals surface area contributed by atoms with Crippen molar-refractivity contribution in [1.82, 2.24) is 19.9 Å². The summed E-state index contributed by atoms with van der Waals surface area (Å²) in [5, 5.41) is 13.9. The highest BCUT2D eigenvalue weighted by Crippen LogP contribution is 2.60. The number of pyridine rings is 1. The molecule has 3 aromatic heterocycles. The summed E-state index contributed by atoms with van der Waals surface area (Å²) in [4.78, 5) is 21.5. The number of nitrogens with zero attached hydrogens (tertiary/aromatic N) is 5. The lowest BCUT2D eigenvalue weighted by Crippen LogP contribution is -2.48. The number of hydrogen-bond acceptors (Lipinski definition) is 6. The van der Waals surface area contributed by atoms with Crippen LogP contribution in [0.15, 0.2) is 170 Å². The lowest BCUT2D eigenvalue weighted by atomic mass is 9.48. The summed E-state index contributed by atoms with van der Waals surface area (Å²) in [6, 6.07) is 60.4. The van der Waals surface area contributed by atoms with Crippen LogP contribution in [0.2, 0.25) is 0 Å². The molecule has 0 saturated heterocycles. The van der Waals surface area contributed by atoms with Gasteiger partial charge in [-0.25, -0.2) is 19.9 Å². The first-order valence-electron chi connectivity index (χ1n) is 22.9. The average Bonchev–Trinajstić information content (AvgIpc) is 3.75. The van der Waals surface area contributed by atoms with Crippen molar-refractivity contribution in [2.24, 2.45) is 17.8 Å². The van der Waals surface area contributed by atoms with Crippen LogP contribution in [0.5, 0.6) is 0 Å². The minimum atomic E-state index is 0.332. The summed E-state index contributed by atoms with van der Waals surface area (Å²) in [5.41, 5.74) is 12.3. The van der Waals surface area contributed by atoms with Gasteiger partial charge < -0.3 is 0 Å². The number of benzene rings is 7. The van der Waals surface area contributed by atoms with Crippen LogP contribution in [0, 0.1) is 29.1 Å². The van der Waals surface area contributed by atoms with Gasteiger partial charge in [-0.15, -0.1) is 11.3 Å². The van der Waals surface area contributed by atoms with E-state index >= 15 is 0 Å². The predicted molar refractivity (Wildman–Crippen MR) is 265 cm³/mol. The largest absolute Gasteiger partial charge is 0.245 e. The van der Waals surface area contributed by atoms with E-state index in [0.29, 0.717) is 28.5 Å². The molecule has 4 saturated carbocycles. The van der Waals surface area contributed by atoms with Crippen molar-refractivity contribution < 1.29 is 0 Å². The maximum atomic E-state index is 9.24. The maximum Gasteiger partial charge on any atom is 0.164 e. The molecular formula is C59H43N5S. The summed E-state index contributed by atoms with van der Waals surface area (Å²) >= 11 is 1.71. The Morgan fingerprint density at radius 1 is 0.462 bits per heavy atom.